The fourth-order valence-corrected chi connectivity index (χ4v) is 8.41. The molecule has 2 nitrogen and oxygen atoms in total. The third-order valence-electron chi connectivity index (χ3n) is 11.7. The van der Waals surface area contributed by atoms with Crippen LogP contribution in [0, 0.1) is 27.7 Å². The molecule has 0 saturated carbocycles. The number of nitrogens with zero attached hydrogens (tertiary/aromatic N) is 2. The van der Waals surface area contributed by atoms with Crippen LogP contribution in [-0.4, -0.2) is 0 Å². The molecule has 0 unspecified atom stereocenters. The molecule has 0 amide bonds. The molecule has 2 heteroatoms. The van der Waals surface area contributed by atoms with Crippen molar-refractivity contribution < 1.29 is 0 Å². The van der Waals surface area contributed by atoms with Crippen LogP contribution < -0.4 is 9.80 Å². The quantitative estimate of drug-likeness (QED) is 0.137. The third-order valence-corrected chi connectivity index (χ3v) is 11.7. The molecular formula is C58H48N2. The van der Waals surface area contributed by atoms with Crippen LogP contribution in [0.25, 0.3) is 44.5 Å². The van der Waals surface area contributed by atoms with E-state index < -0.39 is 0 Å². The molecule has 0 heterocycles. The highest BCUT2D eigenvalue weighted by molar-refractivity contribution is 5.86. The van der Waals surface area contributed by atoms with E-state index in [1.807, 2.05) is 0 Å². The Morgan fingerprint density at radius 3 is 0.683 bits per heavy atom. The summed E-state index contributed by atoms with van der Waals surface area (Å²) in [5, 5.41) is 0. The lowest BCUT2D eigenvalue weighted by Crippen LogP contribution is -2.13. The van der Waals surface area contributed by atoms with Gasteiger partial charge in [-0.25, -0.2) is 0 Å². The SMILES string of the molecule is Cc1ccccc1-c1ccc(N(c2ccc(-c3ccccc3C)cc2)c2cccc(N(c3ccc(-c4ccccc4C)cc3)c3ccc(-c4ccccc4C)cc3)c2)cc1. The second kappa shape index (κ2) is 16.8. The van der Waals surface area contributed by atoms with Gasteiger partial charge in [0.05, 0.1) is 0 Å². The first-order valence-electron chi connectivity index (χ1n) is 20.8. The first-order chi connectivity index (χ1) is 29.4. The first-order valence-corrected chi connectivity index (χ1v) is 20.8. The molecule has 0 atom stereocenters. The maximum absolute atomic E-state index is 2.37. The maximum Gasteiger partial charge on any atom is 0.0482 e. The smallest absolute Gasteiger partial charge is 0.0482 e. The molecule has 0 radical (unpaired) electrons. The number of anilines is 6. The molecule has 0 aliphatic carbocycles. The molecule has 0 fully saturated rings. The average molecular weight is 773 g/mol. The van der Waals surface area contributed by atoms with Gasteiger partial charge in [-0.2, -0.15) is 0 Å². The van der Waals surface area contributed by atoms with Crippen molar-refractivity contribution in [1.29, 1.82) is 0 Å². The molecule has 0 aliphatic heterocycles. The highest BCUT2D eigenvalue weighted by atomic mass is 15.2. The Morgan fingerprint density at radius 2 is 0.450 bits per heavy atom. The first kappa shape index (κ1) is 38.1. The van der Waals surface area contributed by atoms with Crippen molar-refractivity contribution in [3.63, 3.8) is 0 Å². The maximum atomic E-state index is 2.37. The van der Waals surface area contributed by atoms with Gasteiger partial charge in [0, 0.05) is 34.1 Å². The van der Waals surface area contributed by atoms with Crippen LogP contribution in [0.15, 0.2) is 218 Å². The Hall–Kier alpha value is -7.42. The summed E-state index contributed by atoms with van der Waals surface area (Å²) in [4.78, 5) is 4.74. The van der Waals surface area contributed by atoms with E-state index in [1.165, 1.54) is 66.8 Å². The number of aryl methyl sites for hydroxylation is 4. The van der Waals surface area contributed by atoms with Gasteiger partial charge in [0.25, 0.3) is 0 Å². The van der Waals surface area contributed by atoms with Gasteiger partial charge in [0.1, 0.15) is 0 Å². The van der Waals surface area contributed by atoms with Gasteiger partial charge in [-0.1, -0.05) is 152 Å². The third kappa shape index (κ3) is 7.76. The molecule has 290 valence electrons. The van der Waals surface area contributed by atoms with Crippen molar-refractivity contribution in [3.8, 4) is 44.5 Å². The minimum atomic E-state index is 1.07. The van der Waals surface area contributed by atoms with Crippen LogP contribution in [0.1, 0.15) is 22.3 Å². The predicted molar refractivity (Wildman–Crippen MR) is 256 cm³/mol. The van der Waals surface area contributed by atoms with Gasteiger partial charge in [-0.3, -0.25) is 0 Å². The topological polar surface area (TPSA) is 6.48 Å². The van der Waals surface area contributed by atoms with E-state index in [2.05, 4.69) is 256 Å². The monoisotopic (exact) mass is 772 g/mol. The summed E-state index contributed by atoms with van der Waals surface area (Å²) in [7, 11) is 0. The summed E-state index contributed by atoms with van der Waals surface area (Å²) in [5.74, 6) is 0. The second-order valence-electron chi connectivity index (χ2n) is 15.6. The zero-order valence-electron chi connectivity index (χ0n) is 34.7. The summed E-state index contributed by atoms with van der Waals surface area (Å²) in [5.41, 5.74) is 21.3. The molecule has 9 rings (SSSR count). The van der Waals surface area contributed by atoms with Gasteiger partial charge in [-0.05, 0) is 161 Å². The number of rotatable bonds is 10. The van der Waals surface area contributed by atoms with Crippen molar-refractivity contribution in [3.05, 3.63) is 241 Å². The van der Waals surface area contributed by atoms with E-state index in [9.17, 15) is 0 Å². The molecular weight excluding hydrogens is 725 g/mol. The predicted octanol–water partition coefficient (Wildman–Crippen LogP) is 16.5. The lowest BCUT2D eigenvalue weighted by Gasteiger charge is -2.30. The van der Waals surface area contributed by atoms with Crippen LogP contribution in [-0.2, 0) is 0 Å². The number of hydrogen-bond acceptors (Lipinski definition) is 2. The normalized spacial score (nSPS) is 11.0. The second-order valence-corrected chi connectivity index (χ2v) is 15.6. The summed E-state index contributed by atoms with van der Waals surface area (Å²) in [6.45, 7) is 8.70. The van der Waals surface area contributed by atoms with Crippen molar-refractivity contribution in [2.45, 2.75) is 27.7 Å². The van der Waals surface area contributed by atoms with Crippen molar-refractivity contribution in [1.82, 2.24) is 0 Å². The Labute approximate surface area is 355 Å². The minimum Gasteiger partial charge on any atom is -0.310 e. The van der Waals surface area contributed by atoms with Crippen molar-refractivity contribution >= 4 is 34.1 Å². The molecule has 0 spiro atoms. The van der Waals surface area contributed by atoms with E-state index in [1.54, 1.807) is 0 Å². The van der Waals surface area contributed by atoms with Gasteiger partial charge >= 0.3 is 0 Å². The lowest BCUT2D eigenvalue weighted by atomic mass is 9.99. The van der Waals surface area contributed by atoms with Crippen LogP contribution in [0.4, 0.5) is 34.1 Å². The number of benzene rings is 9. The zero-order chi connectivity index (χ0) is 41.0. The molecule has 0 N–H and O–H groups in total. The Morgan fingerprint density at radius 1 is 0.217 bits per heavy atom. The van der Waals surface area contributed by atoms with Crippen LogP contribution in [0.5, 0.6) is 0 Å². The fourth-order valence-electron chi connectivity index (χ4n) is 8.41. The van der Waals surface area contributed by atoms with Crippen LogP contribution in [0.3, 0.4) is 0 Å². The van der Waals surface area contributed by atoms with Gasteiger partial charge in [-0.15, -0.1) is 0 Å². The largest absolute Gasteiger partial charge is 0.310 e. The zero-order valence-corrected chi connectivity index (χ0v) is 34.7. The summed E-state index contributed by atoms with van der Waals surface area (Å²) in [6, 6.07) is 79.2. The Kier molecular flexibility index (Phi) is 10.7. The molecule has 0 aliphatic rings. The van der Waals surface area contributed by atoms with Crippen LogP contribution in [0.2, 0.25) is 0 Å². The molecule has 9 aromatic rings. The Balaban J connectivity index is 1.16. The van der Waals surface area contributed by atoms with Crippen molar-refractivity contribution in [2.24, 2.45) is 0 Å². The molecule has 60 heavy (non-hydrogen) atoms. The van der Waals surface area contributed by atoms with Crippen LogP contribution >= 0.6 is 0 Å². The van der Waals surface area contributed by atoms with Gasteiger partial charge < -0.3 is 9.80 Å². The average Bonchev–Trinajstić information content (AvgIpc) is 3.29. The summed E-state index contributed by atoms with van der Waals surface area (Å²) in [6.07, 6.45) is 0. The van der Waals surface area contributed by atoms with E-state index in [0.717, 1.165) is 34.1 Å². The lowest BCUT2D eigenvalue weighted by molar-refractivity contribution is 1.25. The van der Waals surface area contributed by atoms with E-state index in [0.29, 0.717) is 0 Å². The molecule has 9 aromatic carbocycles. The number of hydrogen-bond donors (Lipinski definition) is 0. The fraction of sp³-hybridized carbons (Fsp3) is 0.0690. The van der Waals surface area contributed by atoms with E-state index in [-0.39, 0.29) is 0 Å². The summed E-state index contributed by atoms with van der Waals surface area (Å²) < 4.78 is 0. The Bertz CT molecular complexity index is 2510. The minimum absolute atomic E-state index is 1.07. The molecule has 0 bridgehead atoms. The van der Waals surface area contributed by atoms with E-state index >= 15 is 0 Å². The standard InChI is InChI=1S/C58H48N2/c1-41-14-5-9-20-55(41)45-24-32-49(33-25-45)59(50-34-26-46(27-35-50)56-21-10-6-15-42(56)2)53-18-13-19-54(40-53)60(51-36-28-47(29-37-51)57-22-11-7-16-43(57)3)52-38-30-48(31-39-52)58-23-12-8-17-44(58)4/h5-40H,1-4H3. The van der Waals surface area contributed by atoms with E-state index in [4.69, 9.17) is 0 Å². The molecule has 0 aromatic heterocycles. The van der Waals surface area contributed by atoms with Gasteiger partial charge in [0.2, 0.25) is 0 Å². The molecule has 0 saturated heterocycles. The highest BCUT2D eigenvalue weighted by Crippen LogP contribution is 2.42. The summed E-state index contributed by atoms with van der Waals surface area (Å²) >= 11 is 0. The van der Waals surface area contributed by atoms with Crippen molar-refractivity contribution in [2.75, 3.05) is 9.80 Å². The highest BCUT2D eigenvalue weighted by Gasteiger charge is 2.19. The van der Waals surface area contributed by atoms with Gasteiger partial charge in [0.15, 0.2) is 0 Å².